The maximum Gasteiger partial charge on any atom is 0.304 e. The molecule has 0 saturated carbocycles. The number of rotatable bonds is 40. The smallest absolute Gasteiger partial charge is 0.304 e. The Kier molecular flexibility index (Phi) is 44.9. The minimum atomic E-state index is -2.33. The normalized spacial score (nSPS) is 41.5. The van der Waals surface area contributed by atoms with Gasteiger partial charge in [0.15, 0.2) is 50.3 Å². The monoisotopic (exact) mass is 2000 g/mol. The highest BCUT2D eigenvalue weighted by atomic mass is 32.2. The van der Waals surface area contributed by atoms with Gasteiger partial charge in [0.25, 0.3) is 0 Å². The van der Waals surface area contributed by atoms with Crippen LogP contribution in [0.3, 0.4) is 0 Å². The van der Waals surface area contributed by atoms with Crippen molar-refractivity contribution in [2.24, 2.45) is 0 Å². The van der Waals surface area contributed by atoms with Crippen molar-refractivity contribution in [2.75, 3.05) is 92.0 Å². The zero-order chi connectivity index (χ0) is 93.7. The van der Waals surface area contributed by atoms with E-state index in [-0.39, 0.29) is 92.0 Å². The molecule has 0 aromatic rings. The van der Waals surface area contributed by atoms with E-state index in [1.54, 1.807) is 0 Å². The molecule has 56 heteroatoms. The third kappa shape index (κ3) is 30.6. The first-order valence-corrected chi connectivity index (χ1v) is 49.7. The number of carboxylic acids is 8. The summed E-state index contributed by atoms with van der Waals surface area (Å²) in [5.41, 5.74) is 0. The summed E-state index contributed by atoms with van der Waals surface area (Å²) in [4.78, 5) is 94.3. The van der Waals surface area contributed by atoms with Crippen LogP contribution in [0.15, 0.2) is 0 Å². The minimum absolute atomic E-state index is 0.159. The highest BCUT2D eigenvalue weighted by molar-refractivity contribution is 8.00. The highest BCUT2D eigenvalue weighted by Crippen LogP contribution is 2.43. The van der Waals surface area contributed by atoms with Gasteiger partial charge >= 0.3 is 47.8 Å². The summed E-state index contributed by atoms with van der Waals surface area (Å²) in [6.45, 7) is 0. The van der Waals surface area contributed by atoms with Crippen LogP contribution in [-0.4, -0.2) is 508 Å². The third-order valence-corrected chi connectivity index (χ3v) is 29.9. The molecular formula is C72H112O48S8. The van der Waals surface area contributed by atoms with Gasteiger partial charge in [0.05, 0.1) is 100 Å². The van der Waals surface area contributed by atoms with Crippen LogP contribution in [-0.2, 0) is 114 Å². The SMILES string of the molecule is O=C(O)CCSCC1O[C@@H]2O[C@@H]3C(CSCCC(=O)O)O[C@H](O[C@@H]4C(CSCCC(=O)O)O[C@H](O[C@@H]5C(CSCCC(=O)O)O[C@H](O[C@@H]6C(CSCCC(=O)O)O[C@H](O[C@@H]7C(CSCCC(=O)O)O[C@H](O[C@@H]8C(CSCCC(=O)O)O[C@H](O[C@@H]9C(CSCCC(=O)O)O[C@H](O[C@H]1C(O)[C@H]2O)[C@H](O)C9O)[C@H](O)C8O)[C@H](O)C7O)[C@H](O)C6O)[C@H](O)C5O)[C@H](O)C4O)[C@H](O)C3O. The maximum atomic E-state index is 12.3. The van der Waals surface area contributed by atoms with Crippen LogP contribution >= 0.6 is 94.1 Å². The van der Waals surface area contributed by atoms with Crippen molar-refractivity contribution in [1.82, 2.24) is 0 Å². The van der Waals surface area contributed by atoms with Gasteiger partial charge in [0, 0.05) is 92.0 Å². The van der Waals surface area contributed by atoms with Gasteiger partial charge in [-0.05, 0) is 0 Å². The molecule has 736 valence electrons. The molecule has 30 saturated heterocycles. The Morgan fingerprint density at radius 3 is 0.336 bits per heavy atom. The Labute approximate surface area is 763 Å². The number of hydrogen-bond donors (Lipinski definition) is 24. The lowest BCUT2D eigenvalue weighted by atomic mass is 9.95. The summed E-state index contributed by atoms with van der Waals surface area (Å²) in [7, 11) is 0. The summed E-state index contributed by atoms with van der Waals surface area (Å²) in [5, 5.41) is 272. The molecule has 30 heterocycles. The van der Waals surface area contributed by atoms with Crippen LogP contribution in [0.5, 0.6) is 0 Å². The molecule has 0 aliphatic carbocycles. The summed E-state index contributed by atoms with van der Waals surface area (Å²) < 4.78 is 100. The summed E-state index contributed by atoms with van der Waals surface area (Å²) >= 11 is 7.04. The average molecular weight is 2000 g/mol. The second-order valence-electron chi connectivity index (χ2n) is 30.7. The van der Waals surface area contributed by atoms with Gasteiger partial charge in [-0.2, -0.15) is 94.1 Å². The quantitative estimate of drug-likeness (QED) is 0.0253. The maximum absolute atomic E-state index is 12.3. The molecule has 16 bridgehead atoms. The molecule has 24 N–H and O–H groups in total. The summed E-state index contributed by atoms with van der Waals surface area (Å²) in [6.07, 6.45) is -85.9. The lowest BCUT2D eigenvalue weighted by Crippen LogP contribution is -2.69. The molecule has 0 aromatic carbocycles. The Morgan fingerprint density at radius 2 is 0.250 bits per heavy atom. The number of aliphatic carboxylic acids is 8. The van der Waals surface area contributed by atoms with Crippen molar-refractivity contribution in [3.63, 3.8) is 0 Å². The fourth-order valence-electron chi connectivity index (χ4n) is 14.7. The van der Waals surface area contributed by atoms with Crippen LogP contribution in [0.25, 0.3) is 0 Å². The lowest BCUT2D eigenvalue weighted by Gasteiger charge is -2.51. The van der Waals surface area contributed by atoms with E-state index in [0.29, 0.717) is 0 Å². The highest BCUT2D eigenvalue weighted by Gasteiger charge is 2.61. The van der Waals surface area contributed by atoms with Gasteiger partial charge in [-0.15, -0.1) is 0 Å². The first-order valence-electron chi connectivity index (χ1n) is 40.5. The molecule has 16 unspecified atom stereocenters. The number of carboxylic acid groups (broad SMARTS) is 8. The molecular weight excluding hydrogens is 1890 g/mol. The van der Waals surface area contributed by atoms with E-state index in [9.17, 15) is 161 Å². The molecule has 0 aromatic heterocycles. The van der Waals surface area contributed by atoms with Crippen molar-refractivity contribution in [2.45, 2.75) is 297 Å². The number of carbonyl (C=O) groups is 8. The number of ether oxygens (including phenoxy) is 16. The van der Waals surface area contributed by atoms with Crippen LogP contribution in [0.1, 0.15) is 51.4 Å². The van der Waals surface area contributed by atoms with E-state index in [1.807, 2.05) is 0 Å². The van der Waals surface area contributed by atoms with Gasteiger partial charge in [-0.1, -0.05) is 0 Å². The average Bonchev–Trinajstić information content (AvgIpc) is 0.770. The van der Waals surface area contributed by atoms with Crippen molar-refractivity contribution in [1.29, 1.82) is 0 Å². The lowest BCUT2D eigenvalue weighted by molar-refractivity contribution is -0.396. The van der Waals surface area contributed by atoms with Gasteiger partial charge in [-0.3, -0.25) is 38.4 Å². The van der Waals surface area contributed by atoms with E-state index in [4.69, 9.17) is 75.8 Å². The molecule has 0 amide bonds. The van der Waals surface area contributed by atoms with Crippen molar-refractivity contribution >= 4 is 142 Å². The fourth-order valence-corrected chi connectivity index (χ4v) is 22.6. The third-order valence-electron chi connectivity index (χ3n) is 21.4. The topological polar surface area (TPSA) is 770 Å². The molecule has 30 aliphatic heterocycles. The van der Waals surface area contributed by atoms with Gasteiger partial charge in [-0.25, -0.2) is 0 Å². The van der Waals surface area contributed by atoms with Crippen molar-refractivity contribution in [3.8, 4) is 0 Å². The first-order chi connectivity index (χ1) is 60.7. The Hall–Kier alpha value is -2.72. The summed E-state index contributed by atoms with van der Waals surface area (Å²) in [5.74, 6) is -14.4. The molecule has 0 radical (unpaired) electrons. The van der Waals surface area contributed by atoms with Crippen molar-refractivity contribution in [3.05, 3.63) is 0 Å². The zero-order valence-electron chi connectivity index (χ0n) is 67.9. The Morgan fingerprint density at radius 1 is 0.156 bits per heavy atom. The van der Waals surface area contributed by atoms with Crippen molar-refractivity contribution < 1.29 is 237 Å². The number of thioether (sulfide) groups is 8. The number of aliphatic hydroxyl groups excluding tert-OH is 16. The fraction of sp³-hybridized carbons (Fsp3) is 0.889. The van der Waals surface area contributed by atoms with Gasteiger partial charge < -0.3 is 198 Å². The Bertz CT molecular complexity index is 2830. The van der Waals surface area contributed by atoms with E-state index in [0.717, 1.165) is 94.1 Å². The van der Waals surface area contributed by atoms with E-state index in [2.05, 4.69) is 0 Å². The van der Waals surface area contributed by atoms with Crippen LogP contribution in [0.2, 0.25) is 0 Å². The van der Waals surface area contributed by atoms with E-state index >= 15 is 0 Å². The van der Waals surface area contributed by atoms with Crippen LogP contribution in [0.4, 0.5) is 0 Å². The first kappa shape index (κ1) is 109. The molecule has 40 atom stereocenters. The molecule has 48 nitrogen and oxygen atoms in total. The van der Waals surface area contributed by atoms with E-state index in [1.165, 1.54) is 0 Å². The molecule has 30 rings (SSSR count). The minimum Gasteiger partial charge on any atom is -0.481 e. The molecule has 30 aliphatic rings. The predicted octanol–water partition coefficient (Wildman–Crippen LogP) is -7.68. The molecule has 0 spiro atoms. The molecule has 30 fully saturated rings. The second-order valence-corrected chi connectivity index (χ2v) is 39.9. The second kappa shape index (κ2) is 52.7. The number of aliphatic hydroxyl groups is 16. The largest absolute Gasteiger partial charge is 0.481 e. The van der Waals surface area contributed by atoms with Crippen LogP contribution < -0.4 is 0 Å². The van der Waals surface area contributed by atoms with Crippen LogP contribution in [0, 0.1) is 0 Å². The van der Waals surface area contributed by atoms with Gasteiger partial charge in [0.2, 0.25) is 0 Å². The number of hydrogen-bond acceptors (Lipinski definition) is 48. The zero-order valence-corrected chi connectivity index (χ0v) is 74.4. The summed E-state index contributed by atoms with van der Waals surface area (Å²) in [6, 6.07) is 0. The molecule has 128 heavy (non-hydrogen) atoms. The Balaban J connectivity index is 1.12. The van der Waals surface area contributed by atoms with E-state index < -0.39 is 345 Å². The standard InChI is InChI=1S/C72H112O48S8/c73-33(74)1-9-121-17-25-57-41(89)49(97)65(105-25)114-58-26(18-122-10-2-34(75)76)107-67(51(99)43(58)91)116-60-28(20-124-12-4-36(79)80)109-69(53(101)45(60)93)118-62-30(22-126-14-6-38(83)84)111-71(55(103)47(62)95)120-64-32(24-128-16-8-40(87)88)112-72(56(104)48(64)96)119-63-31(23-127-15-7-39(85)86)110-70(54(102)46(63)94)117-61-29(21-125-13-5-37(81)82)108-68(52(100)44(61)92)115-59-27(19-123-11-3-35(77)78)106-66(113-57)50(98)42(59)90/h25-32,41-72,89-104H,1-24H2,(H,73,74)(H,75,76)(H,77,78)(H,79,80)(H,81,82)(H,83,84)(H,85,86)(H,87,88)/t25?,26?,27?,28?,29?,30?,31?,32?,41?,42?,43?,44?,45?,46?,47?,48?,49-,50-,51-,52-,53-,54-,55-,56-,57-,58-,59-,60-,61-,62-,63-,64-,65-,66-,67-,68-,69-,70-,71-,72-/m1/s1. The van der Waals surface area contributed by atoms with Gasteiger partial charge in [0.1, 0.15) is 146 Å². The predicted molar refractivity (Wildman–Crippen MR) is 441 cm³/mol.